The van der Waals surface area contributed by atoms with Crippen molar-refractivity contribution in [1.82, 2.24) is 10.2 Å². The van der Waals surface area contributed by atoms with E-state index in [1.165, 1.54) is 51.6 Å². The van der Waals surface area contributed by atoms with Crippen molar-refractivity contribution in [2.45, 2.75) is 64.5 Å². The van der Waals surface area contributed by atoms with Crippen molar-refractivity contribution in [3.8, 4) is 0 Å². The minimum Gasteiger partial charge on any atom is -0.313 e. The Morgan fingerprint density at radius 1 is 1.12 bits per heavy atom. The summed E-state index contributed by atoms with van der Waals surface area (Å²) in [6.07, 6.45) is 8.61. The summed E-state index contributed by atoms with van der Waals surface area (Å²) < 4.78 is 0. The lowest BCUT2D eigenvalue weighted by Crippen LogP contribution is -2.42. The quantitative estimate of drug-likeness (QED) is 0.790. The Morgan fingerprint density at radius 2 is 1.94 bits per heavy atom. The van der Waals surface area contributed by atoms with Crippen LogP contribution in [0.15, 0.2) is 0 Å². The van der Waals surface area contributed by atoms with Crippen molar-refractivity contribution in [3.05, 3.63) is 0 Å². The molecule has 3 atom stereocenters. The first kappa shape index (κ1) is 12.4. The molecule has 1 heterocycles. The molecule has 1 aliphatic carbocycles. The summed E-state index contributed by atoms with van der Waals surface area (Å²) in [7, 11) is 0. The van der Waals surface area contributed by atoms with Crippen LogP contribution in [-0.2, 0) is 0 Å². The molecule has 2 fully saturated rings. The molecule has 0 bridgehead atoms. The molecule has 3 unspecified atom stereocenters. The molecule has 0 spiro atoms. The Kier molecular flexibility index (Phi) is 4.66. The van der Waals surface area contributed by atoms with E-state index in [2.05, 4.69) is 24.1 Å². The van der Waals surface area contributed by atoms with Gasteiger partial charge >= 0.3 is 0 Å². The van der Waals surface area contributed by atoms with Crippen molar-refractivity contribution in [1.29, 1.82) is 0 Å². The molecular formula is C14H28N2. The summed E-state index contributed by atoms with van der Waals surface area (Å²) in [6.45, 7) is 8.35. The first-order valence-electron chi connectivity index (χ1n) is 7.32. The van der Waals surface area contributed by atoms with Crippen LogP contribution in [0.5, 0.6) is 0 Å². The number of nitrogens with one attached hydrogen (secondary N) is 1. The maximum Gasteiger partial charge on any atom is 0.0207 e. The normalized spacial score (nSPS) is 36.8. The lowest BCUT2D eigenvalue weighted by Gasteiger charge is -2.37. The summed E-state index contributed by atoms with van der Waals surface area (Å²) >= 11 is 0. The van der Waals surface area contributed by atoms with Crippen molar-refractivity contribution >= 4 is 0 Å². The van der Waals surface area contributed by atoms with Gasteiger partial charge in [-0.05, 0) is 31.7 Å². The Bertz CT molecular complexity index is 205. The number of nitrogens with zero attached hydrogens (tertiary/aromatic N) is 1. The van der Waals surface area contributed by atoms with Gasteiger partial charge in [-0.3, -0.25) is 4.90 Å². The van der Waals surface area contributed by atoms with Gasteiger partial charge in [-0.25, -0.2) is 0 Å². The molecule has 0 radical (unpaired) electrons. The van der Waals surface area contributed by atoms with Gasteiger partial charge in [0.1, 0.15) is 0 Å². The maximum absolute atomic E-state index is 3.60. The number of likely N-dealkylation sites (tertiary alicyclic amines) is 1. The molecule has 1 saturated carbocycles. The van der Waals surface area contributed by atoms with Crippen molar-refractivity contribution in [2.75, 3.05) is 19.6 Å². The summed E-state index contributed by atoms with van der Waals surface area (Å²) in [5, 5.41) is 3.60. The molecule has 16 heavy (non-hydrogen) atoms. The fourth-order valence-electron chi connectivity index (χ4n) is 3.69. The van der Waals surface area contributed by atoms with Gasteiger partial charge in [0.15, 0.2) is 0 Å². The molecule has 94 valence electrons. The van der Waals surface area contributed by atoms with Crippen LogP contribution in [0.1, 0.15) is 52.4 Å². The van der Waals surface area contributed by atoms with Gasteiger partial charge < -0.3 is 5.32 Å². The lowest BCUT2D eigenvalue weighted by atomic mass is 9.82. The Labute approximate surface area is 101 Å². The van der Waals surface area contributed by atoms with E-state index < -0.39 is 0 Å². The standard InChI is InChI=1S/C14H28N2/c1-3-12-7-5-6-8-14(12)16-10-9-13(11-16)15-4-2/h12-15H,3-11H2,1-2H3. The number of rotatable bonds is 4. The van der Waals surface area contributed by atoms with Crippen LogP contribution in [0.3, 0.4) is 0 Å². The Hall–Kier alpha value is -0.0800. The molecule has 2 aliphatic rings. The number of hydrogen-bond acceptors (Lipinski definition) is 2. The number of hydrogen-bond donors (Lipinski definition) is 1. The molecule has 2 rings (SSSR count). The number of likely N-dealkylation sites (N-methyl/N-ethyl adjacent to an activating group) is 1. The SMILES string of the molecule is CCNC1CCN(C2CCCCC2CC)C1. The van der Waals surface area contributed by atoms with Crippen LogP contribution >= 0.6 is 0 Å². The van der Waals surface area contributed by atoms with E-state index in [-0.39, 0.29) is 0 Å². The molecule has 0 amide bonds. The molecule has 1 aliphatic heterocycles. The largest absolute Gasteiger partial charge is 0.313 e. The molecule has 1 saturated heterocycles. The van der Waals surface area contributed by atoms with E-state index in [0.717, 1.165) is 24.5 Å². The van der Waals surface area contributed by atoms with Gasteiger partial charge in [-0.15, -0.1) is 0 Å². The molecule has 0 aromatic heterocycles. The topological polar surface area (TPSA) is 15.3 Å². The molecule has 0 aromatic carbocycles. The van der Waals surface area contributed by atoms with E-state index >= 15 is 0 Å². The molecule has 1 N–H and O–H groups in total. The monoisotopic (exact) mass is 224 g/mol. The fraction of sp³-hybridized carbons (Fsp3) is 1.00. The second kappa shape index (κ2) is 6.02. The third kappa shape index (κ3) is 2.78. The summed E-state index contributed by atoms with van der Waals surface area (Å²) in [5.74, 6) is 0.981. The average molecular weight is 224 g/mol. The highest BCUT2D eigenvalue weighted by Crippen LogP contribution is 2.32. The summed E-state index contributed by atoms with van der Waals surface area (Å²) in [5.41, 5.74) is 0. The third-order valence-corrected chi connectivity index (χ3v) is 4.57. The van der Waals surface area contributed by atoms with Gasteiger partial charge in [0.05, 0.1) is 0 Å². The summed E-state index contributed by atoms with van der Waals surface area (Å²) in [6, 6.07) is 1.67. The van der Waals surface area contributed by atoms with Crippen molar-refractivity contribution < 1.29 is 0 Å². The highest BCUT2D eigenvalue weighted by atomic mass is 15.2. The smallest absolute Gasteiger partial charge is 0.0207 e. The van der Waals surface area contributed by atoms with Crippen molar-refractivity contribution in [2.24, 2.45) is 5.92 Å². The first-order chi connectivity index (χ1) is 7.85. The minimum atomic E-state index is 0.768. The predicted molar refractivity (Wildman–Crippen MR) is 69.7 cm³/mol. The predicted octanol–water partition coefficient (Wildman–Crippen LogP) is 2.64. The first-order valence-corrected chi connectivity index (χ1v) is 7.32. The average Bonchev–Trinajstić information content (AvgIpc) is 2.78. The lowest BCUT2D eigenvalue weighted by molar-refractivity contribution is 0.123. The molecule has 2 heteroatoms. The van der Waals surface area contributed by atoms with Crippen molar-refractivity contribution in [3.63, 3.8) is 0 Å². The molecule has 2 nitrogen and oxygen atoms in total. The van der Waals surface area contributed by atoms with Crippen LogP contribution in [0.2, 0.25) is 0 Å². The zero-order valence-electron chi connectivity index (χ0n) is 11.0. The fourth-order valence-corrected chi connectivity index (χ4v) is 3.69. The van der Waals surface area contributed by atoms with E-state index in [0.29, 0.717) is 0 Å². The van der Waals surface area contributed by atoms with Crippen LogP contribution < -0.4 is 5.32 Å². The maximum atomic E-state index is 3.60. The Balaban J connectivity index is 1.86. The van der Waals surface area contributed by atoms with E-state index in [1.54, 1.807) is 0 Å². The zero-order valence-corrected chi connectivity index (χ0v) is 11.0. The third-order valence-electron chi connectivity index (χ3n) is 4.57. The second-order valence-electron chi connectivity index (χ2n) is 5.56. The zero-order chi connectivity index (χ0) is 11.4. The second-order valence-corrected chi connectivity index (χ2v) is 5.56. The van der Waals surface area contributed by atoms with Gasteiger partial charge in [-0.1, -0.05) is 33.1 Å². The van der Waals surface area contributed by atoms with Gasteiger partial charge in [0.25, 0.3) is 0 Å². The van der Waals surface area contributed by atoms with E-state index in [4.69, 9.17) is 0 Å². The van der Waals surface area contributed by atoms with Crippen LogP contribution in [0.25, 0.3) is 0 Å². The molecular weight excluding hydrogens is 196 g/mol. The van der Waals surface area contributed by atoms with Crippen LogP contribution in [0.4, 0.5) is 0 Å². The van der Waals surface area contributed by atoms with E-state index in [9.17, 15) is 0 Å². The Morgan fingerprint density at radius 3 is 2.69 bits per heavy atom. The highest BCUT2D eigenvalue weighted by Gasteiger charge is 2.33. The van der Waals surface area contributed by atoms with Crippen LogP contribution in [0, 0.1) is 5.92 Å². The van der Waals surface area contributed by atoms with Gasteiger partial charge in [-0.2, -0.15) is 0 Å². The van der Waals surface area contributed by atoms with E-state index in [1.807, 2.05) is 0 Å². The van der Waals surface area contributed by atoms with Crippen LogP contribution in [-0.4, -0.2) is 36.6 Å². The minimum absolute atomic E-state index is 0.768. The summed E-state index contributed by atoms with van der Waals surface area (Å²) in [4.78, 5) is 2.78. The highest BCUT2D eigenvalue weighted by molar-refractivity contribution is 4.89. The van der Waals surface area contributed by atoms with Gasteiger partial charge in [0.2, 0.25) is 0 Å². The molecule has 0 aromatic rings. The van der Waals surface area contributed by atoms with Gasteiger partial charge in [0, 0.05) is 25.2 Å².